The van der Waals surface area contributed by atoms with Gasteiger partial charge in [-0.05, 0) is 55.5 Å². The van der Waals surface area contributed by atoms with E-state index in [2.05, 4.69) is 25.0 Å². The van der Waals surface area contributed by atoms with Crippen molar-refractivity contribution >= 4 is 27.3 Å². The maximum Gasteiger partial charge on any atom is 0.387 e. The van der Waals surface area contributed by atoms with Gasteiger partial charge in [0.1, 0.15) is 17.4 Å². The number of alkyl halides is 2. The van der Waals surface area contributed by atoms with Crippen molar-refractivity contribution in [1.82, 2.24) is 15.1 Å². The van der Waals surface area contributed by atoms with Crippen LogP contribution < -0.4 is 14.6 Å². The van der Waals surface area contributed by atoms with E-state index in [9.17, 15) is 22.0 Å². The van der Waals surface area contributed by atoms with Crippen molar-refractivity contribution in [3.63, 3.8) is 0 Å². The number of hydrogen-bond acceptors (Lipinski definition) is 7. The van der Waals surface area contributed by atoms with Crippen LogP contribution in [-0.2, 0) is 14.8 Å². The minimum absolute atomic E-state index is 0.0466. The summed E-state index contributed by atoms with van der Waals surface area (Å²) in [6.45, 7) is 0.497. The van der Waals surface area contributed by atoms with E-state index in [1.54, 1.807) is 19.1 Å². The minimum Gasteiger partial charge on any atom is -0.435 e. The standard InChI is InChI=1S/C20H18F2N6O4S/c1-12-3-9-16(10-4-12)33(30,31)26-27-11-17(23-25-27)18-13(2)24-28(19(18)29)14-5-7-15(8-6-14)32-20(21)22/h3-11,18,20,26H,1-2H3. The predicted molar refractivity (Wildman–Crippen MR) is 114 cm³/mol. The van der Waals surface area contributed by atoms with Gasteiger partial charge in [-0.25, -0.2) is 0 Å². The van der Waals surface area contributed by atoms with Crippen molar-refractivity contribution in [3.05, 3.63) is 66.0 Å². The normalized spacial score (nSPS) is 16.3. The fourth-order valence-electron chi connectivity index (χ4n) is 3.21. The molecule has 1 aromatic heterocycles. The SMILES string of the molecule is CC1=NN(c2ccc(OC(F)F)cc2)C(=O)C1c1cn(NS(=O)(=O)c2ccc(C)cc2)nn1. The third kappa shape index (κ3) is 4.67. The van der Waals surface area contributed by atoms with E-state index < -0.39 is 28.5 Å². The molecular weight excluding hydrogens is 458 g/mol. The Morgan fingerprint density at radius 1 is 1.06 bits per heavy atom. The van der Waals surface area contributed by atoms with Crippen LogP contribution in [-0.4, -0.2) is 41.8 Å². The Hall–Kier alpha value is -3.87. The number of hydrazone groups is 1. The molecule has 1 amide bonds. The molecule has 2 aromatic carbocycles. The van der Waals surface area contributed by atoms with E-state index in [0.29, 0.717) is 11.4 Å². The first kappa shape index (κ1) is 22.3. The van der Waals surface area contributed by atoms with Crippen molar-refractivity contribution in [2.75, 3.05) is 9.84 Å². The molecule has 0 radical (unpaired) electrons. The molecule has 1 unspecified atom stereocenters. The summed E-state index contributed by atoms with van der Waals surface area (Å²) in [6.07, 6.45) is 1.29. The molecule has 33 heavy (non-hydrogen) atoms. The largest absolute Gasteiger partial charge is 0.435 e. The number of carbonyl (C=O) groups is 1. The van der Waals surface area contributed by atoms with E-state index in [4.69, 9.17) is 0 Å². The fourth-order valence-corrected chi connectivity index (χ4v) is 4.14. The first-order chi connectivity index (χ1) is 15.6. The summed E-state index contributed by atoms with van der Waals surface area (Å²) < 4.78 is 54.0. The second-order valence-corrected chi connectivity index (χ2v) is 8.85. The number of ether oxygens (including phenoxy) is 1. The summed E-state index contributed by atoms with van der Waals surface area (Å²) in [7, 11) is -3.91. The van der Waals surface area contributed by atoms with Gasteiger partial charge in [-0.3, -0.25) is 4.79 Å². The lowest BCUT2D eigenvalue weighted by Crippen LogP contribution is -2.26. The molecule has 10 nitrogen and oxygen atoms in total. The highest BCUT2D eigenvalue weighted by Gasteiger charge is 2.37. The number of aromatic nitrogens is 3. The molecule has 172 valence electrons. The number of anilines is 1. The summed E-state index contributed by atoms with van der Waals surface area (Å²) in [5.41, 5.74) is 1.84. The van der Waals surface area contributed by atoms with Crippen LogP contribution in [0.15, 0.2) is 64.7 Å². The molecule has 0 aliphatic carbocycles. The molecule has 1 atom stereocenters. The Morgan fingerprint density at radius 2 is 1.73 bits per heavy atom. The Kier molecular flexibility index (Phi) is 5.80. The third-order valence-electron chi connectivity index (χ3n) is 4.79. The van der Waals surface area contributed by atoms with Gasteiger partial charge in [-0.2, -0.15) is 36.9 Å². The topological polar surface area (TPSA) is 119 Å². The molecule has 1 N–H and O–H groups in total. The van der Waals surface area contributed by atoms with Gasteiger partial charge in [0.25, 0.3) is 15.9 Å². The predicted octanol–water partition coefficient (Wildman–Crippen LogP) is 2.63. The monoisotopic (exact) mass is 476 g/mol. The molecule has 1 aliphatic rings. The average Bonchev–Trinajstić information content (AvgIpc) is 3.31. The summed E-state index contributed by atoms with van der Waals surface area (Å²) in [6, 6.07) is 11.7. The van der Waals surface area contributed by atoms with Crippen molar-refractivity contribution in [3.8, 4) is 5.75 Å². The van der Waals surface area contributed by atoms with E-state index >= 15 is 0 Å². The number of aryl methyl sites for hydroxylation is 1. The lowest BCUT2D eigenvalue weighted by atomic mass is 10.0. The molecule has 4 rings (SSSR count). The van der Waals surface area contributed by atoms with Crippen LogP contribution in [0.4, 0.5) is 14.5 Å². The number of nitrogens with one attached hydrogen (secondary N) is 1. The van der Waals surface area contributed by atoms with Gasteiger partial charge in [0.15, 0.2) is 0 Å². The van der Waals surface area contributed by atoms with Crippen molar-refractivity contribution < 1.29 is 26.7 Å². The Balaban J connectivity index is 1.51. The molecule has 0 saturated carbocycles. The van der Waals surface area contributed by atoms with Crippen molar-refractivity contribution in [2.45, 2.75) is 31.3 Å². The first-order valence-corrected chi connectivity index (χ1v) is 11.1. The van der Waals surface area contributed by atoms with Crippen molar-refractivity contribution in [2.24, 2.45) is 5.10 Å². The molecule has 0 bridgehead atoms. The highest BCUT2D eigenvalue weighted by molar-refractivity contribution is 7.92. The van der Waals surface area contributed by atoms with Gasteiger partial charge in [-0.15, -0.1) is 5.10 Å². The molecule has 13 heteroatoms. The zero-order valence-corrected chi connectivity index (χ0v) is 18.2. The lowest BCUT2D eigenvalue weighted by molar-refractivity contribution is -0.118. The highest BCUT2D eigenvalue weighted by Crippen LogP contribution is 2.30. The van der Waals surface area contributed by atoms with Gasteiger partial charge in [0.2, 0.25) is 0 Å². The number of nitrogens with zero attached hydrogens (tertiary/aromatic N) is 5. The molecule has 0 saturated heterocycles. The fraction of sp³-hybridized carbons (Fsp3) is 0.200. The molecule has 3 aromatic rings. The summed E-state index contributed by atoms with van der Waals surface area (Å²) in [4.78, 5) is 16.2. The van der Waals surface area contributed by atoms with Crippen LogP contribution in [0, 0.1) is 6.92 Å². The molecule has 1 aliphatic heterocycles. The number of hydrogen-bond donors (Lipinski definition) is 1. The van der Waals surface area contributed by atoms with E-state index in [1.807, 2.05) is 6.92 Å². The van der Waals surface area contributed by atoms with Gasteiger partial charge in [-0.1, -0.05) is 17.7 Å². The van der Waals surface area contributed by atoms with Crippen LogP contribution in [0.25, 0.3) is 0 Å². The maximum atomic E-state index is 13.0. The number of rotatable bonds is 7. The number of halogens is 2. The first-order valence-electron chi connectivity index (χ1n) is 9.60. The van der Waals surface area contributed by atoms with E-state index in [0.717, 1.165) is 15.4 Å². The van der Waals surface area contributed by atoms with Gasteiger partial charge >= 0.3 is 6.61 Å². The van der Waals surface area contributed by atoms with Crippen LogP contribution >= 0.6 is 0 Å². The van der Waals surface area contributed by atoms with Crippen LogP contribution in [0.3, 0.4) is 0 Å². The molecule has 0 fully saturated rings. The van der Waals surface area contributed by atoms with Gasteiger partial charge in [0.05, 0.1) is 22.5 Å². The number of amides is 1. The van der Waals surface area contributed by atoms with Crippen LogP contribution in [0.5, 0.6) is 5.75 Å². The van der Waals surface area contributed by atoms with Crippen LogP contribution in [0.2, 0.25) is 0 Å². The highest BCUT2D eigenvalue weighted by atomic mass is 32.2. The van der Waals surface area contributed by atoms with Crippen molar-refractivity contribution in [1.29, 1.82) is 0 Å². The minimum atomic E-state index is -3.91. The lowest BCUT2D eigenvalue weighted by Gasteiger charge is -2.14. The second kappa shape index (κ2) is 8.58. The zero-order valence-electron chi connectivity index (χ0n) is 17.4. The van der Waals surface area contributed by atoms with Crippen LogP contribution in [0.1, 0.15) is 24.1 Å². The summed E-state index contributed by atoms with van der Waals surface area (Å²) in [5, 5.41) is 13.0. The maximum absolute atomic E-state index is 13.0. The molecule has 2 heterocycles. The second-order valence-electron chi connectivity index (χ2n) is 7.19. The summed E-state index contributed by atoms with van der Waals surface area (Å²) in [5.74, 6) is -1.40. The molecule has 0 spiro atoms. The smallest absolute Gasteiger partial charge is 0.387 e. The zero-order chi connectivity index (χ0) is 23.8. The van der Waals surface area contributed by atoms with Gasteiger partial charge < -0.3 is 4.74 Å². The van der Waals surface area contributed by atoms with E-state index in [-0.39, 0.29) is 16.3 Å². The Bertz CT molecular complexity index is 1310. The number of benzene rings is 2. The molecular formula is C20H18F2N6O4S. The Labute approximate surface area is 187 Å². The Morgan fingerprint density at radius 3 is 2.36 bits per heavy atom. The number of sulfonamides is 1. The third-order valence-corrected chi connectivity index (χ3v) is 6.11. The quantitative estimate of drug-likeness (QED) is 0.560. The van der Waals surface area contributed by atoms with E-state index in [1.165, 1.54) is 42.6 Å². The van der Waals surface area contributed by atoms with Gasteiger partial charge in [0, 0.05) is 0 Å². The average molecular weight is 476 g/mol. The summed E-state index contributed by atoms with van der Waals surface area (Å²) >= 11 is 0. The number of carbonyl (C=O) groups excluding carboxylic acids is 1.